The molecule has 0 radical (unpaired) electrons. The highest BCUT2D eigenvalue weighted by Crippen LogP contribution is 2.29. The summed E-state index contributed by atoms with van der Waals surface area (Å²) in [6.45, 7) is -0.833. The summed E-state index contributed by atoms with van der Waals surface area (Å²) < 4.78 is 12.6. The zero-order valence-corrected chi connectivity index (χ0v) is 24.4. The van der Waals surface area contributed by atoms with Crippen LogP contribution in [0.1, 0.15) is 27.6 Å². The summed E-state index contributed by atoms with van der Waals surface area (Å²) >= 11 is 0. The van der Waals surface area contributed by atoms with Gasteiger partial charge < -0.3 is 19.7 Å². The van der Waals surface area contributed by atoms with Gasteiger partial charge in [0.15, 0.2) is 0 Å². The molecular formula is C33H31N3O9. The standard InChI is InChI=1S/C33H31N3O9/c1-2-34-31(41)35(17-24(37)19-44-29(39)21-10-4-3-5-11-21)33(43)36(32(34)42)18-25(38)20-45-30(40)28-26-14-8-6-12-22(26)16-23-13-7-9-15-27(23)28/h3-16,24-25,37-38H,2,17-20H2,1H3. The molecule has 5 rings (SSSR count). The van der Waals surface area contributed by atoms with Gasteiger partial charge in [-0.3, -0.25) is 0 Å². The topological polar surface area (TPSA) is 159 Å². The fourth-order valence-electron chi connectivity index (χ4n) is 5.10. The molecule has 0 saturated carbocycles. The van der Waals surface area contributed by atoms with Gasteiger partial charge in [-0.15, -0.1) is 0 Å². The van der Waals surface area contributed by atoms with Crippen molar-refractivity contribution >= 4 is 33.5 Å². The maximum Gasteiger partial charge on any atom is 0.339 e. The number of carbonyl (C=O) groups excluding carboxylic acids is 2. The summed E-state index contributed by atoms with van der Waals surface area (Å²) in [4.78, 5) is 64.7. The Morgan fingerprint density at radius 2 is 1.09 bits per heavy atom. The molecule has 12 heteroatoms. The predicted octanol–water partition coefficient (Wildman–Crippen LogP) is 1.93. The molecule has 0 aliphatic carbocycles. The first-order valence-corrected chi connectivity index (χ1v) is 14.3. The predicted molar refractivity (Wildman–Crippen MR) is 165 cm³/mol. The number of esters is 2. The van der Waals surface area contributed by atoms with Crippen molar-refractivity contribution in [2.45, 2.75) is 38.8 Å². The Labute approximate surface area is 255 Å². The first-order chi connectivity index (χ1) is 21.7. The molecule has 0 bridgehead atoms. The van der Waals surface area contributed by atoms with Crippen molar-refractivity contribution in [2.75, 3.05) is 13.2 Å². The van der Waals surface area contributed by atoms with E-state index in [4.69, 9.17) is 9.47 Å². The molecule has 45 heavy (non-hydrogen) atoms. The number of hydrogen-bond acceptors (Lipinski definition) is 9. The lowest BCUT2D eigenvalue weighted by Crippen LogP contribution is -2.56. The van der Waals surface area contributed by atoms with Crippen LogP contribution in [-0.2, 0) is 29.1 Å². The van der Waals surface area contributed by atoms with E-state index >= 15 is 0 Å². The monoisotopic (exact) mass is 613 g/mol. The minimum atomic E-state index is -1.49. The first-order valence-electron chi connectivity index (χ1n) is 14.3. The molecule has 12 nitrogen and oxygen atoms in total. The van der Waals surface area contributed by atoms with E-state index in [1.807, 2.05) is 30.3 Å². The second-order valence-electron chi connectivity index (χ2n) is 10.4. The third kappa shape index (κ3) is 6.61. The van der Waals surface area contributed by atoms with E-state index in [0.29, 0.717) is 25.5 Å². The van der Waals surface area contributed by atoms with E-state index in [0.717, 1.165) is 15.3 Å². The average Bonchev–Trinajstić information content (AvgIpc) is 3.06. The Kier molecular flexibility index (Phi) is 9.36. The van der Waals surface area contributed by atoms with E-state index in [9.17, 15) is 34.2 Å². The molecule has 2 unspecified atom stereocenters. The van der Waals surface area contributed by atoms with Gasteiger partial charge in [0.1, 0.15) is 25.4 Å². The average molecular weight is 614 g/mol. The van der Waals surface area contributed by atoms with Gasteiger partial charge in [0.2, 0.25) is 0 Å². The van der Waals surface area contributed by atoms with Crippen LogP contribution in [0.15, 0.2) is 99.3 Å². The number of carbonyl (C=O) groups is 2. The van der Waals surface area contributed by atoms with Crippen LogP contribution in [0.3, 0.4) is 0 Å². The van der Waals surface area contributed by atoms with Crippen LogP contribution in [0.25, 0.3) is 21.5 Å². The Hall–Kier alpha value is -5.33. The molecule has 232 valence electrons. The molecule has 0 saturated heterocycles. The molecule has 0 amide bonds. The number of hydrogen-bond donors (Lipinski definition) is 2. The summed E-state index contributed by atoms with van der Waals surface area (Å²) in [5.41, 5.74) is -2.46. The van der Waals surface area contributed by atoms with Crippen molar-refractivity contribution in [1.82, 2.24) is 13.7 Å². The fraction of sp³-hybridized carbons (Fsp3) is 0.242. The number of fused-ring (bicyclic) bond motifs is 2. The van der Waals surface area contributed by atoms with Crippen LogP contribution in [0.4, 0.5) is 0 Å². The van der Waals surface area contributed by atoms with Gasteiger partial charge in [-0.05, 0) is 46.7 Å². The highest BCUT2D eigenvalue weighted by Gasteiger charge is 2.22. The summed E-state index contributed by atoms with van der Waals surface area (Å²) in [5.74, 6) is -1.40. The van der Waals surface area contributed by atoms with Gasteiger partial charge >= 0.3 is 29.0 Å². The van der Waals surface area contributed by atoms with Crippen LogP contribution in [-0.4, -0.2) is 61.3 Å². The third-order valence-corrected chi connectivity index (χ3v) is 7.29. The second-order valence-corrected chi connectivity index (χ2v) is 10.4. The highest BCUT2D eigenvalue weighted by atomic mass is 16.5. The molecule has 0 aliphatic rings. The lowest BCUT2D eigenvalue weighted by atomic mass is 9.97. The summed E-state index contributed by atoms with van der Waals surface area (Å²) in [6.07, 6.45) is -2.95. The lowest BCUT2D eigenvalue weighted by Gasteiger charge is -2.18. The third-order valence-electron chi connectivity index (χ3n) is 7.29. The number of nitrogens with zero attached hydrogens (tertiary/aromatic N) is 3. The lowest BCUT2D eigenvalue weighted by molar-refractivity contribution is 0.0191. The molecule has 0 aliphatic heterocycles. The van der Waals surface area contributed by atoms with Crippen LogP contribution >= 0.6 is 0 Å². The van der Waals surface area contributed by atoms with Crippen molar-refractivity contribution < 1.29 is 29.3 Å². The molecule has 5 aromatic rings. The summed E-state index contributed by atoms with van der Waals surface area (Å²) in [7, 11) is 0. The van der Waals surface area contributed by atoms with Crippen molar-refractivity contribution in [1.29, 1.82) is 0 Å². The summed E-state index contributed by atoms with van der Waals surface area (Å²) in [5, 5.41) is 24.2. The van der Waals surface area contributed by atoms with Gasteiger partial charge in [0.05, 0.1) is 24.2 Å². The van der Waals surface area contributed by atoms with Crippen LogP contribution in [0.2, 0.25) is 0 Å². The van der Waals surface area contributed by atoms with E-state index in [-0.39, 0.29) is 12.1 Å². The van der Waals surface area contributed by atoms with Gasteiger partial charge in [-0.1, -0.05) is 66.7 Å². The van der Waals surface area contributed by atoms with Gasteiger partial charge in [0, 0.05) is 6.54 Å². The molecule has 4 aromatic carbocycles. The van der Waals surface area contributed by atoms with Crippen molar-refractivity contribution in [2.24, 2.45) is 0 Å². The molecule has 1 heterocycles. The van der Waals surface area contributed by atoms with E-state index in [1.165, 1.54) is 19.1 Å². The molecule has 2 N–H and O–H groups in total. The molecule has 0 fully saturated rings. The summed E-state index contributed by atoms with van der Waals surface area (Å²) in [6, 6.07) is 24.7. The zero-order valence-electron chi connectivity index (χ0n) is 24.4. The number of benzene rings is 4. The van der Waals surface area contributed by atoms with Gasteiger partial charge in [-0.2, -0.15) is 0 Å². The smallest absolute Gasteiger partial charge is 0.339 e. The van der Waals surface area contributed by atoms with Gasteiger partial charge in [0.25, 0.3) is 0 Å². The van der Waals surface area contributed by atoms with Crippen molar-refractivity contribution in [3.8, 4) is 0 Å². The normalized spacial score (nSPS) is 12.6. The Balaban J connectivity index is 1.32. The van der Waals surface area contributed by atoms with E-state index in [1.54, 1.807) is 42.5 Å². The second kappa shape index (κ2) is 13.5. The number of rotatable bonds is 11. The fourth-order valence-corrected chi connectivity index (χ4v) is 5.10. The maximum absolute atomic E-state index is 13.3. The van der Waals surface area contributed by atoms with E-state index in [2.05, 4.69) is 0 Å². The van der Waals surface area contributed by atoms with Crippen molar-refractivity contribution in [3.05, 3.63) is 128 Å². The molecule has 2 atom stereocenters. The van der Waals surface area contributed by atoms with E-state index < -0.39 is 67.5 Å². The minimum Gasteiger partial charge on any atom is -0.459 e. The largest absolute Gasteiger partial charge is 0.459 e. The quantitative estimate of drug-likeness (QED) is 0.168. The number of aromatic nitrogens is 3. The van der Waals surface area contributed by atoms with Crippen LogP contribution in [0, 0.1) is 0 Å². The van der Waals surface area contributed by atoms with Gasteiger partial charge in [-0.25, -0.2) is 37.7 Å². The maximum atomic E-state index is 13.3. The SMILES string of the molecule is CCn1c(=O)n(CC(O)COC(=O)c2ccccc2)c(=O)n(CC(O)COC(=O)c2c3ccccc3cc3ccccc23)c1=O. The Morgan fingerprint density at radius 3 is 1.60 bits per heavy atom. The molecular weight excluding hydrogens is 582 g/mol. The molecule has 0 spiro atoms. The first kappa shape index (κ1) is 31.1. The van der Waals surface area contributed by atoms with Crippen molar-refractivity contribution in [3.63, 3.8) is 0 Å². The minimum absolute atomic E-state index is 0.101. The zero-order chi connectivity index (χ0) is 32.1. The highest BCUT2D eigenvalue weighted by molar-refractivity contribution is 6.16. The van der Waals surface area contributed by atoms with Crippen LogP contribution < -0.4 is 17.1 Å². The van der Waals surface area contributed by atoms with Crippen LogP contribution in [0.5, 0.6) is 0 Å². The Bertz CT molecular complexity index is 1990. The number of ether oxygens (including phenoxy) is 2. The number of aliphatic hydroxyl groups excluding tert-OH is 2. The number of aliphatic hydroxyl groups is 2. The Morgan fingerprint density at radius 1 is 0.644 bits per heavy atom. The molecule has 1 aromatic heterocycles.